The van der Waals surface area contributed by atoms with Crippen molar-refractivity contribution < 1.29 is 4.39 Å². The Labute approximate surface area is 141 Å². The number of nitrogens with one attached hydrogen (secondary N) is 1. The van der Waals surface area contributed by atoms with Crippen LogP contribution in [0.2, 0.25) is 0 Å². The van der Waals surface area contributed by atoms with Crippen LogP contribution in [0, 0.1) is 5.82 Å². The lowest BCUT2D eigenvalue weighted by molar-refractivity contribution is 0.610. The summed E-state index contributed by atoms with van der Waals surface area (Å²) < 4.78 is 16.0. The lowest BCUT2D eigenvalue weighted by atomic mass is 10.0. The zero-order valence-electron chi connectivity index (χ0n) is 13.5. The molecule has 0 aliphatic carbocycles. The van der Waals surface area contributed by atoms with Gasteiger partial charge in [0.05, 0.1) is 5.69 Å². The standard InChI is InChI=1S/C20H20FN3/c21-17-11-4-5-12-19(17)24-20-16(10-6-7-13-22-20)18(23-24)14-15-8-2-1-3-9-15/h1-5,8-9,11-12,22H,6-7,10,13-14H2. The molecule has 122 valence electrons. The molecule has 4 rings (SSSR count). The van der Waals surface area contributed by atoms with E-state index in [9.17, 15) is 4.39 Å². The monoisotopic (exact) mass is 321 g/mol. The van der Waals surface area contributed by atoms with Crippen molar-refractivity contribution in [1.82, 2.24) is 9.78 Å². The highest BCUT2D eigenvalue weighted by Gasteiger charge is 2.21. The number of aromatic nitrogens is 2. The summed E-state index contributed by atoms with van der Waals surface area (Å²) in [5.74, 6) is 0.698. The molecule has 1 aromatic heterocycles. The molecule has 0 atom stereocenters. The number of benzene rings is 2. The molecule has 1 aliphatic rings. The number of hydrogen-bond donors (Lipinski definition) is 1. The van der Waals surface area contributed by atoms with Crippen LogP contribution in [0.5, 0.6) is 0 Å². The fourth-order valence-corrected chi connectivity index (χ4v) is 3.30. The van der Waals surface area contributed by atoms with Crippen molar-refractivity contribution in [3.8, 4) is 5.69 Å². The predicted molar refractivity (Wildman–Crippen MR) is 94.2 cm³/mol. The van der Waals surface area contributed by atoms with Crippen molar-refractivity contribution in [3.63, 3.8) is 0 Å². The quantitative estimate of drug-likeness (QED) is 0.777. The van der Waals surface area contributed by atoms with E-state index in [0.29, 0.717) is 5.69 Å². The van der Waals surface area contributed by atoms with Crippen LogP contribution in [0.3, 0.4) is 0 Å². The molecule has 1 N–H and O–H groups in total. The van der Waals surface area contributed by atoms with Gasteiger partial charge in [0.1, 0.15) is 17.3 Å². The third-order valence-electron chi connectivity index (χ3n) is 4.51. The maximum Gasteiger partial charge on any atom is 0.148 e. The molecular formula is C20H20FN3. The zero-order valence-corrected chi connectivity index (χ0v) is 13.5. The molecule has 2 heterocycles. The Morgan fingerprint density at radius 2 is 1.79 bits per heavy atom. The molecule has 0 unspecified atom stereocenters. The molecule has 0 spiro atoms. The Morgan fingerprint density at radius 1 is 1.00 bits per heavy atom. The molecule has 1 aliphatic heterocycles. The topological polar surface area (TPSA) is 29.9 Å². The minimum absolute atomic E-state index is 0.250. The Bertz CT molecular complexity index is 839. The summed E-state index contributed by atoms with van der Waals surface area (Å²) in [4.78, 5) is 0. The Hall–Kier alpha value is -2.62. The maximum atomic E-state index is 14.3. The van der Waals surface area contributed by atoms with Gasteiger partial charge in [-0.05, 0) is 37.0 Å². The van der Waals surface area contributed by atoms with Gasteiger partial charge in [0.2, 0.25) is 0 Å². The van der Waals surface area contributed by atoms with Crippen LogP contribution in [-0.4, -0.2) is 16.3 Å². The van der Waals surface area contributed by atoms with Crippen molar-refractivity contribution in [2.75, 3.05) is 11.9 Å². The first-order chi connectivity index (χ1) is 11.8. The molecule has 24 heavy (non-hydrogen) atoms. The Balaban J connectivity index is 1.81. The van der Waals surface area contributed by atoms with E-state index in [1.807, 2.05) is 24.3 Å². The fourth-order valence-electron chi connectivity index (χ4n) is 3.30. The summed E-state index contributed by atoms with van der Waals surface area (Å²) in [5.41, 5.74) is 3.98. The van der Waals surface area contributed by atoms with E-state index in [1.165, 1.54) is 17.2 Å². The molecule has 3 aromatic rings. The van der Waals surface area contributed by atoms with Crippen molar-refractivity contribution in [2.24, 2.45) is 0 Å². The third-order valence-corrected chi connectivity index (χ3v) is 4.51. The van der Waals surface area contributed by atoms with Crippen LogP contribution < -0.4 is 5.32 Å². The lowest BCUT2D eigenvalue weighted by Gasteiger charge is -2.09. The highest BCUT2D eigenvalue weighted by Crippen LogP contribution is 2.30. The number of hydrogen-bond acceptors (Lipinski definition) is 2. The van der Waals surface area contributed by atoms with Gasteiger partial charge in [0.15, 0.2) is 0 Å². The van der Waals surface area contributed by atoms with Gasteiger partial charge in [0.25, 0.3) is 0 Å². The largest absolute Gasteiger partial charge is 0.370 e. The van der Waals surface area contributed by atoms with E-state index in [1.54, 1.807) is 16.8 Å². The summed E-state index contributed by atoms with van der Waals surface area (Å²) in [5, 5.41) is 8.23. The number of rotatable bonds is 3. The summed E-state index contributed by atoms with van der Waals surface area (Å²) >= 11 is 0. The van der Waals surface area contributed by atoms with Crippen LogP contribution in [0.4, 0.5) is 10.2 Å². The van der Waals surface area contributed by atoms with Gasteiger partial charge in [0, 0.05) is 18.5 Å². The molecule has 0 radical (unpaired) electrons. The van der Waals surface area contributed by atoms with Crippen LogP contribution in [0.1, 0.15) is 29.7 Å². The number of fused-ring (bicyclic) bond motifs is 1. The van der Waals surface area contributed by atoms with Gasteiger partial charge in [-0.2, -0.15) is 5.10 Å². The molecule has 0 saturated heterocycles. The summed E-state index contributed by atoms with van der Waals surface area (Å²) in [6.45, 7) is 0.901. The van der Waals surface area contributed by atoms with Gasteiger partial charge < -0.3 is 5.32 Å². The average molecular weight is 321 g/mol. The van der Waals surface area contributed by atoms with E-state index >= 15 is 0 Å². The minimum Gasteiger partial charge on any atom is -0.370 e. The second-order valence-electron chi connectivity index (χ2n) is 6.18. The Kier molecular flexibility index (Phi) is 4.03. The van der Waals surface area contributed by atoms with E-state index in [4.69, 9.17) is 5.10 Å². The molecule has 0 fully saturated rings. The molecule has 0 bridgehead atoms. The van der Waals surface area contributed by atoms with Crippen LogP contribution >= 0.6 is 0 Å². The molecular weight excluding hydrogens is 301 g/mol. The average Bonchev–Trinajstić information content (AvgIpc) is 2.79. The summed E-state index contributed by atoms with van der Waals surface area (Å²) in [6, 6.07) is 17.1. The third kappa shape index (κ3) is 2.80. The second-order valence-corrected chi connectivity index (χ2v) is 6.18. The van der Waals surface area contributed by atoms with E-state index in [2.05, 4.69) is 17.4 Å². The predicted octanol–water partition coefficient (Wildman–Crippen LogP) is 4.35. The normalized spacial score (nSPS) is 13.9. The molecule has 3 nitrogen and oxygen atoms in total. The SMILES string of the molecule is Fc1ccccc1-n1nc(Cc2ccccc2)c2c1NCCCC2. The number of nitrogens with zero attached hydrogens (tertiary/aromatic N) is 2. The lowest BCUT2D eigenvalue weighted by Crippen LogP contribution is -2.08. The van der Waals surface area contributed by atoms with Crippen molar-refractivity contribution in [1.29, 1.82) is 0 Å². The highest BCUT2D eigenvalue weighted by atomic mass is 19.1. The zero-order chi connectivity index (χ0) is 16.4. The van der Waals surface area contributed by atoms with E-state index in [-0.39, 0.29) is 5.82 Å². The first-order valence-corrected chi connectivity index (χ1v) is 8.46. The van der Waals surface area contributed by atoms with Crippen molar-refractivity contribution >= 4 is 5.82 Å². The van der Waals surface area contributed by atoms with Gasteiger partial charge in [-0.25, -0.2) is 9.07 Å². The maximum absolute atomic E-state index is 14.3. The van der Waals surface area contributed by atoms with Gasteiger partial charge in [-0.1, -0.05) is 42.5 Å². The van der Waals surface area contributed by atoms with Crippen molar-refractivity contribution in [3.05, 3.63) is 77.2 Å². The fraction of sp³-hybridized carbons (Fsp3) is 0.250. The molecule has 4 heteroatoms. The second kappa shape index (κ2) is 6.48. The first kappa shape index (κ1) is 14.9. The molecule has 0 saturated carbocycles. The van der Waals surface area contributed by atoms with Crippen LogP contribution in [0.15, 0.2) is 54.6 Å². The van der Waals surface area contributed by atoms with Crippen molar-refractivity contribution in [2.45, 2.75) is 25.7 Å². The summed E-state index contributed by atoms with van der Waals surface area (Å²) in [6.07, 6.45) is 4.01. The molecule has 2 aromatic carbocycles. The van der Waals surface area contributed by atoms with E-state index < -0.39 is 0 Å². The van der Waals surface area contributed by atoms with Crippen LogP contribution in [0.25, 0.3) is 5.69 Å². The first-order valence-electron chi connectivity index (χ1n) is 8.46. The van der Waals surface area contributed by atoms with Gasteiger partial charge in [-0.3, -0.25) is 0 Å². The van der Waals surface area contributed by atoms with Gasteiger partial charge in [-0.15, -0.1) is 0 Å². The Morgan fingerprint density at radius 3 is 2.62 bits per heavy atom. The summed E-state index contributed by atoms with van der Waals surface area (Å²) in [7, 11) is 0. The minimum atomic E-state index is -0.250. The number of anilines is 1. The van der Waals surface area contributed by atoms with Crippen LogP contribution in [-0.2, 0) is 12.8 Å². The molecule has 0 amide bonds. The highest BCUT2D eigenvalue weighted by molar-refractivity contribution is 5.55. The van der Waals surface area contributed by atoms with E-state index in [0.717, 1.165) is 43.7 Å². The smallest absolute Gasteiger partial charge is 0.148 e. The number of halogens is 1. The number of para-hydroxylation sites is 1. The van der Waals surface area contributed by atoms with Gasteiger partial charge >= 0.3 is 0 Å².